The molecular formula is C36H36FN5O5. The first kappa shape index (κ1) is 30.6. The number of hydrogen-bond acceptors (Lipinski definition) is 7. The largest absolute Gasteiger partial charge is 0.493 e. The van der Waals surface area contributed by atoms with E-state index in [9.17, 15) is 14.7 Å². The maximum Gasteiger partial charge on any atom is 0.284 e. The molecule has 2 aromatic heterocycles. The van der Waals surface area contributed by atoms with Crippen LogP contribution in [0.2, 0.25) is 0 Å². The van der Waals surface area contributed by atoms with Crippen molar-refractivity contribution in [3.63, 3.8) is 0 Å². The first-order valence-corrected chi connectivity index (χ1v) is 15.8. The monoisotopic (exact) mass is 637 g/mol. The van der Waals surface area contributed by atoms with Gasteiger partial charge in [-0.15, -0.1) is 0 Å². The normalized spacial score (nSPS) is 16.9. The molecule has 2 aliphatic rings. The Bertz CT molecular complexity index is 2020. The number of rotatable bonds is 10. The number of likely N-dealkylation sites (tertiary alicyclic amines) is 1. The van der Waals surface area contributed by atoms with Gasteiger partial charge in [0.1, 0.15) is 17.1 Å². The van der Waals surface area contributed by atoms with Gasteiger partial charge in [0.05, 0.1) is 29.6 Å². The minimum Gasteiger partial charge on any atom is -0.493 e. The van der Waals surface area contributed by atoms with Crippen LogP contribution in [0, 0.1) is 18.2 Å². The number of aliphatic hydroxyl groups is 1. The molecule has 242 valence electrons. The van der Waals surface area contributed by atoms with Crippen LogP contribution in [0.5, 0.6) is 17.2 Å². The van der Waals surface area contributed by atoms with Crippen molar-refractivity contribution in [3.05, 3.63) is 106 Å². The van der Waals surface area contributed by atoms with E-state index < -0.39 is 17.3 Å². The molecule has 3 aromatic carbocycles. The molecule has 1 spiro atoms. The molecule has 2 N–H and O–H groups in total. The molecule has 7 rings (SSSR count). The van der Waals surface area contributed by atoms with Gasteiger partial charge in [0.25, 0.3) is 11.5 Å². The number of anilines is 1. The highest BCUT2D eigenvalue weighted by Gasteiger charge is 2.54. The molecule has 1 atom stereocenters. The van der Waals surface area contributed by atoms with Crippen molar-refractivity contribution in [1.82, 2.24) is 19.2 Å². The van der Waals surface area contributed by atoms with Crippen LogP contribution in [0.25, 0.3) is 16.6 Å². The first-order chi connectivity index (χ1) is 22.7. The van der Waals surface area contributed by atoms with Gasteiger partial charge in [-0.2, -0.15) is 0 Å². The molecule has 0 bridgehead atoms. The Balaban J connectivity index is 0.995. The summed E-state index contributed by atoms with van der Waals surface area (Å²) in [5.41, 5.74) is 1.59. The van der Waals surface area contributed by atoms with Crippen molar-refractivity contribution in [2.24, 2.45) is 12.5 Å². The molecule has 5 aromatic rings. The van der Waals surface area contributed by atoms with Gasteiger partial charge in [-0.1, -0.05) is 18.2 Å². The Morgan fingerprint density at radius 1 is 1.09 bits per heavy atom. The molecule has 3 heterocycles. The number of β-amino-alcohol motifs (C(OH)–C–C–N with tert-alkyl or cyclic N) is 1. The zero-order valence-electron chi connectivity index (χ0n) is 26.3. The number of hydrogen-bond donors (Lipinski definition) is 2. The van der Waals surface area contributed by atoms with Crippen LogP contribution in [-0.2, 0) is 7.05 Å². The number of pyridine rings is 1. The third-order valence-electron chi connectivity index (χ3n) is 9.32. The number of aliphatic hydroxyl groups excluding tert-OH is 1. The number of ether oxygens (including phenoxy) is 2. The second-order valence-electron chi connectivity index (χ2n) is 12.4. The molecule has 1 unspecified atom stereocenters. The van der Waals surface area contributed by atoms with Gasteiger partial charge in [-0.25, -0.2) is 9.07 Å². The summed E-state index contributed by atoms with van der Waals surface area (Å²) in [6, 6.07) is 20.3. The standard InChI is InChI=1S/C36H36FN5O5/c1-23-33(35(45)42(40(23)2)25-7-4-3-5-8-25)34(44)39-24-9-12-31(28(37)19-24)47-30-13-16-38-29-20-26(10-11-27(29)30)46-18-6-17-41-21-32(43)36(22-41)14-15-36/h3-5,7-13,16,19-20,32,43H,6,14-15,17-18,21-22H2,1-2H3,(H,39,44). The van der Waals surface area contributed by atoms with E-state index in [1.54, 1.807) is 43.0 Å². The molecule has 1 amide bonds. The number of carbonyl (C=O) groups is 1. The van der Waals surface area contributed by atoms with Crippen LogP contribution in [0.1, 0.15) is 35.3 Å². The SMILES string of the molecule is Cc1c(C(=O)Nc2ccc(Oc3ccnc4cc(OCCCN5CC(O)C6(CC6)C5)ccc34)c(F)c2)c(=O)n(-c2ccccc2)n1C. The lowest BCUT2D eigenvalue weighted by Gasteiger charge is -2.15. The van der Waals surface area contributed by atoms with Crippen molar-refractivity contribution >= 4 is 22.5 Å². The molecule has 1 aliphatic heterocycles. The Labute approximate surface area is 271 Å². The number of fused-ring (bicyclic) bond motifs is 1. The summed E-state index contributed by atoms with van der Waals surface area (Å²) >= 11 is 0. The quantitative estimate of drug-likeness (QED) is 0.196. The molecule has 2 fully saturated rings. The number of para-hydroxylation sites is 1. The van der Waals surface area contributed by atoms with Gasteiger partial charge >= 0.3 is 0 Å². The molecule has 10 nitrogen and oxygen atoms in total. The van der Waals surface area contributed by atoms with E-state index >= 15 is 4.39 Å². The van der Waals surface area contributed by atoms with Crippen LogP contribution in [-0.4, -0.2) is 62.6 Å². The van der Waals surface area contributed by atoms with Gasteiger partial charge in [-0.3, -0.25) is 24.2 Å². The highest BCUT2D eigenvalue weighted by molar-refractivity contribution is 6.05. The van der Waals surface area contributed by atoms with E-state index in [1.807, 2.05) is 36.4 Å². The number of carbonyl (C=O) groups excluding carboxylic acids is 1. The number of nitrogens with zero attached hydrogens (tertiary/aromatic N) is 4. The van der Waals surface area contributed by atoms with Crippen LogP contribution < -0.4 is 20.3 Å². The first-order valence-electron chi connectivity index (χ1n) is 15.8. The molecular weight excluding hydrogens is 601 g/mol. The Kier molecular flexibility index (Phi) is 8.03. The van der Waals surface area contributed by atoms with Crippen molar-refractivity contribution in [2.75, 3.05) is 31.6 Å². The van der Waals surface area contributed by atoms with Gasteiger partial charge in [0.2, 0.25) is 0 Å². The number of aromatic nitrogens is 3. The fraction of sp³-hybridized carbons (Fsp3) is 0.306. The zero-order valence-corrected chi connectivity index (χ0v) is 26.3. The van der Waals surface area contributed by atoms with Crippen molar-refractivity contribution in [2.45, 2.75) is 32.3 Å². The average Bonchev–Trinajstić information content (AvgIpc) is 3.72. The van der Waals surface area contributed by atoms with Crippen molar-refractivity contribution in [1.29, 1.82) is 0 Å². The summed E-state index contributed by atoms with van der Waals surface area (Å²) in [5, 5.41) is 13.6. The second-order valence-corrected chi connectivity index (χ2v) is 12.4. The average molecular weight is 638 g/mol. The lowest BCUT2D eigenvalue weighted by Crippen LogP contribution is -2.25. The molecule has 11 heteroatoms. The Morgan fingerprint density at radius 2 is 1.89 bits per heavy atom. The van der Waals surface area contributed by atoms with E-state index in [0.29, 0.717) is 40.4 Å². The minimum atomic E-state index is -0.683. The number of nitrogens with one attached hydrogen (secondary N) is 1. The van der Waals surface area contributed by atoms with E-state index in [-0.39, 0.29) is 28.5 Å². The number of amides is 1. The summed E-state index contributed by atoms with van der Waals surface area (Å²) in [5.74, 6) is -0.251. The highest BCUT2D eigenvalue weighted by Crippen LogP contribution is 2.52. The zero-order chi connectivity index (χ0) is 32.7. The minimum absolute atomic E-state index is 0.0263. The number of benzene rings is 3. The second kappa shape index (κ2) is 12.3. The van der Waals surface area contributed by atoms with Crippen molar-refractivity contribution < 1.29 is 23.8 Å². The molecule has 1 aliphatic carbocycles. The summed E-state index contributed by atoms with van der Waals surface area (Å²) < 4.78 is 30.2. The summed E-state index contributed by atoms with van der Waals surface area (Å²) in [6.45, 7) is 4.83. The fourth-order valence-corrected chi connectivity index (χ4v) is 6.44. The van der Waals surface area contributed by atoms with Gasteiger partial charge in [-0.05, 0) is 68.7 Å². The fourth-order valence-electron chi connectivity index (χ4n) is 6.44. The highest BCUT2D eigenvalue weighted by atomic mass is 19.1. The predicted octanol–water partition coefficient (Wildman–Crippen LogP) is 5.44. The van der Waals surface area contributed by atoms with Gasteiger partial charge < -0.3 is 19.9 Å². The molecule has 1 saturated carbocycles. The Morgan fingerprint density at radius 3 is 2.64 bits per heavy atom. The van der Waals surface area contributed by atoms with E-state index in [2.05, 4.69) is 15.2 Å². The van der Waals surface area contributed by atoms with E-state index in [1.165, 1.54) is 16.8 Å². The topological polar surface area (TPSA) is 111 Å². The third kappa shape index (κ3) is 5.99. The van der Waals surface area contributed by atoms with Crippen LogP contribution >= 0.6 is 0 Å². The third-order valence-corrected chi connectivity index (χ3v) is 9.32. The summed E-state index contributed by atoms with van der Waals surface area (Å²) in [4.78, 5) is 33.1. The summed E-state index contributed by atoms with van der Waals surface area (Å²) in [7, 11) is 1.70. The van der Waals surface area contributed by atoms with Crippen molar-refractivity contribution in [3.8, 4) is 22.9 Å². The van der Waals surface area contributed by atoms with Gasteiger partial charge in [0, 0.05) is 61.5 Å². The lowest BCUT2D eigenvalue weighted by atomic mass is 10.0. The number of halogens is 1. The summed E-state index contributed by atoms with van der Waals surface area (Å²) in [6.07, 6.45) is 4.49. The Hall–Kier alpha value is -5.00. The maximum absolute atomic E-state index is 15.3. The molecule has 0 radical (unpaired) electrons. The van der Waals surface area contributed by atoms with E-state index in [4.69, 9.17) is 9.47 Å². The van der Waals surface area contributed by atoms with E-state index in [0.717, 1.165) is 45.0 Å². The van der Waals surface area contributed by atoms with Crippen LogP contribution in [0.15, 0.2) is 83.8 Å². The maximum atomic E-state index is 15.3. The molecule has 1 saturated heterocycles. The molecule has 47 heavy (non-hydrogen) atoms. The smallest absolute Gasteiger partial charge is 0.284 e. The van der Waals surface area contributed by atoms with Gasteiger partial charge in [0.15, 0.2) is 11.6 Å². The van der Waals surface area contributed by atoms with Crippen LogP contribution in [0.4, 0.5) is 10.1 Å². The predicted molar refractivity (Wildman–Crippen MR) is 176 cm³/mol. The lowest BCUT2D eigenvalue weighted by molar-refractivity contribution is 0.102. The van der Waals surface area contributed by atoms with Crippen LogP contribution in [0.3, 0.4) is 0 Å².